The van der Waals surface area contributed by atoms with Crippen LogP contribution in [0, 0.1) is 11.3 Å². The molecule has 1 heterocycles. The van der Waals surface area contributed by atoms with Gasteiger partial charge in [-0.2, -0.15) is 5.26 Å². The fourth-order valence-corrected chi connectivity index (χ4v) is 1.73. The Morgan fingerprint density at radius 3 is 2.78 bits per heavy atom. The van der Waals surface area contributed by atoms with Crippen LogP contribution in [-0.2, 0) is 0 Å². The fourth-order valence-electron chi connectivity index (χ4n) is 1.37. The highest BCUT2D eigenvalue weighted by molar-refractivity contribution is 9.10. The highest BCUT2D eigenvalue weighted by atomic mass is 79.9. The summed E-state index contributed by atoms with van der Waals surface area (Å²) in [7, 11) is 0. The molecule has 0 saturated carbocycles. The van der Waals surface area contributed by atoms with E-state index in [0.29, 0.717) is 11.3 Å². The lowest BCUT2D eigenvalue weighted by Crippen LogP contribution is -1.94. The Kier molecular flexibility index (Phi) is 3.35. The van der Waals surface area contributed by atoms with Crippen LogP contribution >= 0.6 is 15.9 Å². The van der Waals surface area contributed by atoms with E-state index in [1.54, 1.807) is 18.2 Å². The molecule has 2 rings (SSSR count). The molecule has 0 radical (unpaired) electrons. The summed E-state index contributed by atoms with van der Waals surface area (Å²) in [5.74, 6) is -1.03. The maximum Gasteiger partial charge on any atom is 0.371 e. The highest BCUT2D eigenvalue weighted by Crippen LogP contribution is 2.25. The highest BCUT2D eigenvalue weighted by Gasteiger charge is 2.10. The third-order valence-electron chi connectivity index (χ3n) is 2.18. The van der Waals surface area contributed by atoms with E-state index in [-0.39, 0.29) is 11.6 Å². The monoisotopic (exact) mass is 306 g/mol. The Hall–Kier alpha value is -2.26. The van der Waals surface area contributed by atoms with Crippen LogP contribution in [-0.4, -0.2) is 11.1 Å². The molecule has 0 aliphatic heterocycles. The van der Waals surface area contributed by atoms with E-state index >= 15 is 0 Å². The first-order chi connectivity index (χ1) is 8.60. The van der Waals surface area contributed by atoms with Gasteiger partial charge in [0.05, 0.1) is 11.3 Å². The standard InChI is InChI=1S/C12H7BrN2O3/c13-8-1-2-9(7(5-8)6-14)15-11-4-3-10(18-11)12(16)17/h1-5,15H,(H,16,17). The number of carbonyl (C=O) groups is 1. The lowest BCUT2D eigenvalue weighted by Gasteiger charge is -2.05. The van der Waals surface area contributed by atoms with Crippen LogP contribution in [0.2, 0.25) is 0 Å². The summed E-state index contributed by atoms with van der Waals surface area (Å²) in [5.41, 5.74) is 0.977. The van der Waals surface area contributed by atoms with Crippen molar-refractivity contribution in [1.82, 2.24) is 0 Å². The van der Waals surface area contributed by atoms with E-state index in [1.165, 1.54) is 12.1 Å². The van der Waals surface area contributed by atoms with Gasteiger partial charge in [-0.05, 0) is 24.3 Å². The number of hydrogen-bond donors (Lipinski definition) is 2. The average Bonchev–Trinajstić information content (AvgIpc) is 2.80. The van der Waals surface area contributed by atoms with Crippen LogP contribution in [0.1, 0.15) is 16.1 Å². The van der Waals surface area contributed by atoms with Gasteiger partial charge in [0.1, 0.15) is 6.07 Å². The summed E-state index contributed by atoms with van der Waals surface area (Å²) in [6.45, 7) is 0. The number of rotatable bonds is 3. The van der Waals surface area contributed by atoms with Crippen molar-refractivity contribution in [2.75, 3.05) is 5.32 Å². The van der Waals surface area contributed by atoms with Crippen molar-refractivity contribution in [3.05, 3.63) is 46.1 Å². The number of anilines is 2. The summed E-state index contributed by atoms with van der Waals surface area (Å²) in [6, 6.07) is 10.00. The van der Waals surface area contributed by atoms with E-state index in [1.807, 2.05) is 6.07 Å². The molecular weight excluding hydrogens is 300 g/mol. The van der Waals surface area contributed by atoms with Crippen LogP contribution in [0.3, 0.4) is 0 Å². The second kappa shape index (κ2) is 4.94. The summed E-state index contributed by atoms with van der Waals surface area (Å²) in [6.07, 6.45) is 0. The predicted molar refractivity (Wildman–Crippen MR) is 67.8 cm³/mol. The topological polar surface area (TPSA) is 86.3 Å². The van der Waals surface area contributed by atoms with Gasteiger partial charge < -0.3 is 14.8 Å². The number of nitriles is 1. The summed E-state index contributed by atoms with van der Waals surface area (Å²) in [5, 5.41) is 20.6. The molecule has 0 spiro atoms. The van der Waals surface area contributed by atoms with Gasteiger partial charge in [0, 0.05) is 10.5 Å². The van der Waals surface area contributed by atoms with Crippen molar-refractivity contribution < 1.29 is 14.3 Å². The van der Waals surface area contributed by atoms with E-state index in [2.05, 4.69) is 21.2 Å². The molecule has 0 saturated heterocycles. The second-order valence-corrected chi connectivity index (χ2v) is 4.31. The molecule has 0 aliphatic carbocycles. The summed E-state index contributed by atoms with van der Waals surface area (Å²) in [4.78, 5) is 10.7. The first-order valence-corrected chi connectivity index (χ1v) is 5.69. The Balaban J connectivity index is 2.28. The molecule has 5 nitrogen and oxygen atoms in total. The molecule has 0 fully saturated rings. The van der Waals surface area contributed by atoms with Crippen LogP contribution in [0.15, 0.2) is 39.2 Å². The Bertz CT molecular complexity index is 643. The van der Waals surface area contributed by atoms with Crippen LogP contribution in [0.5, 0.6) is 0 Å². The minimum absolute atomic E-state index is 0.159. The quantitative estimate of drug-likeness (QED) is 0.908. The Labute approximate surface area is 111 Å². The smallest absolute Gasteiger partial charge is 0.371 e. The van der Waals surface area contributed by atoms with Crippen LogP contribution in [0.4, 0.5) is 11.6 Å². The van der Waals surface area contributed by atoms with E-state index in [9.17, 15) is 4.79 Å². The number of nitrogens with zero attached hydrogens (tertiary/aromatic N) is 1. The largest absolute Gasteiger partial charge is 0.475 e. The maximum absolute atomic E-state index is 10.7. The molecule has 1 aromatic carbocycles. The minimum Gasteiger partial charge on any atom is -0.475 e. The predicted octanol–water partition coefficient (Wildman–Crippen LogP) is 3.36. The third kappa shape index (κ3) is 2.52. The molecule has 0 unspecified atom stereocenters. The van der Waals surface area contributed by atoms with E-state index < -0.39 is 5.97 Å². The molecule has 0 bridgehead atoms. The average molecular weight is 307 g/mol. The zero-order chi connectivity index (χ0) is 13.1. The molecule has 2 aromatic rings. The van der Waals surface area contributed by atoms with Gasteiger partial charge in [-0.15, -0.1) is 0 Å². The molecular formula is C12H7BrN2O3. The molecule has 1 aromatic heterocycles. The zero-order valence-corrected chi connectivity index (χ0v) is 10.6. The van der Waals surface area contributed by atoms with Crippen molar-refractivity contribution in [2.45, 2.75) is 0 Å². The van der Waals surface area contributed by atoms with Gasteiger partial charge >= 0.3 is 5.97 Å². The first kappa shape index (κ1) is 12.2. The zero-order valence-electron chi connectivity index (χ0n) is 8.98. The first-order valence-electron chi connectivity index (χ1n) is 4.90. The van der Waals surface area contributed by atoms with Gasteiger partial charge in [-0.1, -0.05) is 15.9 Å². The number of carboxylic acid groups (broad SMARTS) is 1. The van der Waals surface area contributed by atoms with Crippen LogP contribution < -0.4 is 5.32 Å². The number of aromatic carboxylic acids is 1. The summed E-state index contributed by atoms with van der Waals surface area (Å²) < 4.78 is 5.83. The van der Waals surface area contributed by atoms with Gasteiger partial charge in [0.15, 0.2) is 5.88 Å². The SMILES string of the molecule is N#Cc1cc(Br)ccc1Nc1ccc(C(=O)O)o1. The summed E-state index contributed by atoms with van der Waals surface area (Å²) >= 11 is 3.27. The number of hydrogen-bond acceptors (Lipinski definition) is 4. The van der Waals surface area contributed by atoms with Gasteiger partial charge in [-0.3, -0.25) is 0 Å². The lowest BCUT2D eigenvalue weighted by molar-refractivity contribution is 0.0663. The van der Waals surface area contributed by atoms with Gasteiger partial charge in [0.2, 0.25) is 5.76 Å². The molecule has 0 amide bonds. The minimum atomic E-state index is -1.14. The molecule has 0 aliphatic rings. The number of halogens is 1. The van der Waals surface area contributed by atoms with Crippen molar-refractivity contribution in [3.8, 4) is 6.07 Å². The number of nitrogens with one attached hydrogen (secondary N) is 1. The van der Waals surface area contributed by atoms with Gasteiger partial charge in [-0.25, -0.2) is 4.79 Å². The molecule has 90 valence electrons. The fraction of sp³-hybridized carbons (Fsp3) is 0. The Morgan fingerprint density at radius 1 is 1.39 bits per heavy atom. The molecule has 18 heavy (non-hydrogen) atoms. The van der Waals surface area contributed by atoms with Crippen LogP contribution in [0.25, 0.3) is 0 Å². The maximum atomic E-state index is 10.7. The van der Waals surface area contributed by atoms with Crippen molar-refractivity contribution in [2.24, 2.45) is 0 Å². The third-order valence-corrected chi connectivity index (χ3v) is 2.67. The van der Waals surface area contributed by atoms with Gasteiger partial charge in [0.25, 0.3) is 0 Å². The molecule has 0 atom stereocenters. The lowest BCUT2D eigenvalue weighted by atomic mass is 10.2. The van der Waals surface area contributed by atoms with E-state index in [4.69, 9.17) is 14.8 Å². The number of carboxylic acids is 1. The van der Waals surface area contributed by atoms with Crippen molar-refractivity contribution in [1.29, 1.82) is 5.26 Å². The normalized spacial score (nSPS) is 9.78. The molecule has 6 heteroatoms. The van der Waals surface area contributed by atoms with E-state index in [0.717, 1.165) is 4.47 Å². The van der Waals surface area contributed by atoms with Crippen molar-refractivity contribution in [3.63, 3.8) is 0 Å². The van der Waals surface area contributed by atoms with Crippen molar-refractivity contribution >= 4 is 33.5 Å². The second-order valence-electron chi connectivity index (χ2n) is 3.40. The molecule has 2 N–H and O–H groups in total. The Morgan fingerprint density at radius 2 is 2.17 bits per heavy atom. The number of benzene rings is 1. The number of furan rings is 1.